The molecule has 1 fully saturated rings. The minimum absolute atomic E-state index is 0.0166. The van der Waals surface area contributed by atoms with Gasteiger partial charge in [0.15, 0.2) is 0 Å². The number of aryl methyl sites for hydroxylation is 2. The first-order chi connectivity index (χ1) is 9.65. The smallest absolute Gasteiger partial charge is 0.257 e. The molecule has 0 saturated carbocycles. The fraction of sp³-hybridized carbons (Fsp3) is 0.462. The van der Waals surface area contributed by atoms with Crippen LogP contribution in [0, 0.1) is 6.92 Å². The highest BCUT2D eigenvalue weighted by molar-refractivity contribution is 7.09. The molecule has 1 aliphatic heterocycles. The molecule has 0 radical (unpaired) electrons. The lowest BCUT2D eigenvalue weighted by Gasteiger charge is -2.34. The quantitative estimate of drug-likeness (QED) is 0.839. The van der Waals surface area contributed by atoms with Crippen LogP contribution >= 0.6 is 11.3 Å². The SMILES string of the molecule is Cc1nc([C@@H]2COCCN2C(=O)c2cnn(C)c2)cs1. The highest BCUT2D eigenvalue weighted by Crippen LogP contribution is 2.26. The van der Waals surface area contributed by atoms with Crippen molar-refractivity contribution in [1.82, 2.24) is 19.7 Å². The Labute approximate surface area is 121 Å². The van der Waals surface area contributed by atoms with Gasteiger partial charge < -0.3 is 9.64 Å². The van der Waals surface area contributed by atoms with Gasteiger partial charge in [-0.1, -0.05) is 0 Å². The number of ether oxygens (including phenoxy) is 1. The Morgan fingerprint density at radius 3 is 3.05 bits per heavy atom. The van der Waals surface area contributed by atoms with Gasteiger partial charge in [0.25, 0.3) is 5.91 Å². The van der Waals surface area contributed by atoms with E-state index in [4.69, 9.17) is 4.74 Å². The van der Waals surface area contributed by atoms with Crippen molar-refractivity contribution in [3.63, 3.8) is 0 Å². The van der Waals surface area contributed by atoms with Crippen LogP contribution < -0.4 is 0 Å². The lowest BCUT2D eigenvalue weighted by atomic mass is 10.1. The Kier molecular flexibility index (Phi) is 3.54. The number of aromatic nitrogens is 3. The van der Waals surface area contributed by atoms with Crippen LogP contribution in [0.3, 0.4) is 0 Å². The van der Waals surface area contributed by atoms with Gasteiger partial charge in [-0.3, -0.25) is 9.48 Å². The molecule has 7 heteroatoms. The van der Waals surface area contributed by atoms with E-state index in [1.165, 1.54) is 0 Å². The fourth-order valence-electron chi connectivity index (χ4n) is 2.32. The molecule has 0 unspecified atom stereocenters. The van der Waals surface area contributed by atoms with E-state index < -0.39 is 0 Å². The fourth-order valence-corrected chi connectivity index (χ4v) is 2.98. The van der Waals surface area contributed by atoms with E-state index in [1.807, 2.05) is 17.2 Å². The Balaban J connectivity index is 1.87. The molecule has 3 heterocycles. The lowest BCUT2D eigenvalue weighted by Crippen LogP contribution is -2.43. The number of thiazole rings is 1. The van der Waals surface area contributed by atoms with E-state index in [9.17, 15) is 4.79 Å². The lowest BCUT2D eigenvalue weighted by molar-refractivity contribution is -0.00376. The molecule has 6 nitrogen and oxygen atoms in total. The topological polar surface area (TPSA) is 60.2 Å². The van der Waals surface area contributed by atoms with Crippen molar-refractivity contribution >= 4 is 17.2 Å². The van der Waals surface area contributed by atoms with Crippen molar-refractivity contribution in [2.24, 2.45) is 7.05 Å². The second-order valence-electron chi connectivity index (χ2n) is 4.78. The van der Waals surface area contributed by atoms with Crippen LogP contribution in [-0.2, 0) is 11.8 Å². The van der Waals surface area contributed by atoms with Crippen molar-refractivity contribution in [3.05, 3.63) is 34.0 Å². The predicted molar refractivity (Wildman–Crippen MR) is 74.7 cm³/mol. The Bertz CT molecular complexity index is 621. The zero-order chi connectivity index (χ0) is 14.1. The summed E-state index contributed by atoms with van der Waals surface area (Å²) in [6.07, 6.45) is 3.34. The summed E-state index contributed by atoms with van der Waals surface area (Å²) in [5, 5.41) is 7.06. The molecule has 1 aliphatic rings. The first-order valence-electron chi connectivity index (χ1n) is 6.44. The summed E-state index contributed by atoms with van der Waals surface area (Å²) in [6, 6.07) is -0.110. The van der Waals surface area contributed by atoms with Gasteiger partial charge in [-0.15, -0.1) is 11.3 Å². The molecule has 1 amide bonds. The van der Waals surface area contributed by atoms with Gasteiger partial charge in [-0.05, 0) is 6.92 Å². The second-order valence-corrected chi connectivity index (χ2v) is 5.85. The van der Waals surface area contributed by atoms with Crippen LogP contribution in [0.4, 0.5) is 0 Å². The van der Waals surface area contributed by atoms with Crippen LogP contribution in [0.2, 0.25) is 0 Å². The van der Waals surface area contributed by atoms with Crippen LogP contribution in [0.25, 0.3) is 0 Å². The maximum absolute atomic E-state index is 12.6. The van der Waals surface area contributed by atoms with Crippen LogP contribution in [0.5, 0.6) is 0 Å². The summed E-state index contributed by atoms with van der Waals surface area (Å²) < 4.78 is 7.15. The molecule has 2 aromatic rings. The average Bonchev–Trinajstić information content (AvgIpc) is 3.07. The van der Waals surface area contributed by atoms with E-state index in [-0.39, 0.29) is 11.9 Å². The first-order valence-corrected chi connectivity index (χ1v) is 7.32. The summed E-state index contributed by atoms with van der Waals surface area (Å²) in [5.74, 6) is -0.0166. The molecule has 3 rings (SSSR count). The van der Waals surface area contributed by atoms with Gasteiger partial charge in [-0.2, -0.15) is 5.10 Å². The summed E-state index contributed by atoms with van der Waals surface area (Å²) in [4.78, 5) is 18.9. The third kappa shape index (κ3) is 2.46. The number of hydrogen-bond donors (Lipinski definition) is 0. The third-order valence-corrected chi connectivity index (χ3v) is 4.11. The number of carbonyl (C=O) groups excluding carboxylic acids is 1. The van der Waals surface area contributed by atoms with Crippen LogP contribution in [0.1, 0.15) is 27.1 Å². The average molecular weight is 292 g/mol. The first kappa shape index (κ1) is 13.3. The molecule has 0 N–H and O–H groups in total. The van der Waals surface area contributed by atoms with E-state index in [0.717, 1.165) is 10.7 Å². The number of hydrogen-bond acceptors (Lipinski definition) is 5. The zero-order valence-corrected chi connectivity index (χ0v) is 12.3. The number of nitrogens with zero attached hydrogens (tertiary/aromatic N) is 4. The Morgan fingerprint density at radius 2 is 2.40 bits per heavy atom. The van der Waals surface area contributed by atoms with Crippen molar-refractivity contribution in [1.29, 1.82) is 0 Å². The predicted octanol–water partition coefficient (Wildman–Crippen LogP) is 1.40. The Hall–Kier alpha value is -1.73. The number of carbonyl (C=O) groups is 1. The molecular formula is C13H16N4O2S. The molecule has 1 saturated heterocycles. The zero-order valence-electron chi connectivity index (χ0n) is 11.4. The van der Waals surface area contributed by atoms with Gasteiger partial charge in [-0.25, -0.2) is 4.98 Å². The van der Waals surface area contributed by atoms with E-state index >= 15 is 0 Å². The monoisotopic (exact) mass is 292 g/mol. The standard InChI is InChI=1S/C13H16N4O2S/c1-9-15-11(8-20-9)12-7-19-4-3-17(12)13(18)10-5-14-16(2)6-10/h5-6,8,12H,3-4,7H2,1-2H3/t12-/m0/s1. The molecular weight excluding hydrogens is 276 g/mol. The number of rotatable bonds is 2. The Morgan fingerprint density at radius 1 is 1.55 bits per heavy atom. The second kappa shape index (κ2) is 5.34. The highest BCUT2D eigenvalue weighted by atomic mass is 32.1. The summed E-state index contributed by atoms with van der Waals surface area (Å²) >= 11 is 1.59. The normalized spacial score (nSPS) is 19.3. The highest BCUT2D eigenvalue weighted by Gasteiger charge is 2.31. The van der Waals surface area contributed by atoms with Crippen molar-refractivity contribution in [2.45, 2.75) is 13.0 Å². The minimum atomic E-state index is -0.110. The number of amides is 1. The van der Waals surface area contributed by atoms with Crippen LogP contribution in [0.15, 0.2) is 17.8 Å². The van der Waals surface area contributed by atoms with Gasteiger partial charge >= 0.3 is 0 Å². The van der Waals surface area contributed by atoms with E-state index in [0.29, 0.717) is 25.3 Å². The maximum atomic E-state index is 12.6. The molecule has 106 valence electrons. The largest absolute Gasteiger partial charge is 0.377 e. The van der Waals surface area contributed by atoms with E-state index in [1.54, 1.807) is 35.5 Å². The molecule has 1 atom stereocenters. The van der Waals surface area contributed by atoms with Crippen molar-refractivity contribution < 1.29 is 9.53 Å². The van der Waals surface area contributed by atoms with Crippen molar-refractivity contribution in [2.75, 3.05) is 19.8 Å². The summed E-state index contributed by atoms with van der Waals surface area (Å²) in [7, 11) is 1.80. The molecule has 0 bridgehead atoms. The third-order valence-electron chi connectivity index (χ3n) is 3.32. The summed E-state index contributed by atoms with van der Waals surface area (Å²) in [5.41, 5.74) is 1.51. The number of morpholine rings is 1. The van der Waals surface area contributed by atoms with Gasteiger partial charge in [0.1, 0.15) is 0 Å². The van der Waals surface area contributed by atoms with Gasteiger partial charge in [0, 0.05) is 25.2 Å². The molecule has 20 heavy (non-hydrogen) atoms. The van der Waals surface area contributed by atoms with Crippen LogP contribution in [-0.4, -0.2) is 45.3 Å². The van der Waals surface area contributed by atoms with Gasteiger partial charge in [0.2, 0.25) is 0 Å². The molecule has 0 aromatic carbocycles. The summed E-state index contributed by atoms with van der Waals surface area (Å²) in [6.45, 7) is 3.60. The maximum Gasteiger partial charge on any atom is 0.257 e. The van der Waals surface area contributed by atoms with Gasteiger partial charge in [0.05, 0.1) is 41.7 Å². The van der Waals surface area contributed by atoms with Crippen molar-refractivity contribution in [3.8, 4) is 0 Å². The molecule has 0 spiro atoms. The molecule has 0 aliphatic carbocycles. The molecule has 2 aromatic heterocycles. The minimum Gasteiger partial charge on any atom is -0.377 e. The van der Waals surface area contributed by atoms with E-state index in [2.05, 4.69) is 10.1 Å².